The van der Waals surface area contributed by atoms with Gasteiger partial charge in [-0.1, -0.05) is 30.3 Å². The van der Waals surface area contributed by atoms with Crippen molar-refractivity contribution in [2.75, 3.05) is 6.54 Å². The molecule has 1 atom stereocenters. The maximum Gasteiger partial charge on any atom is 0.407 e. The van der Waals surface area contributed by atoms with Crippen molar-refractivity contribution in [1.29, 1.82) is 0 Å². The average molecular weight is 336 g/mol. The molecule has 0 heterocycles. The smallest absolute Gasteiger partial charge is 0.407 e. The molecular formula is C18H28N2O4. The van der Waals surface area contributed by atoms with Crippen molar-refractivity contribution in [1.82, 2.24) is 5.32 Å². The third-order valence-electron chi connectivity index (χ3n) is 3.13. The van der Waals surface area contributed by atoms with Gasteiger partial charge in [-0.05, 0) is 45.6 Å². The monoisotopic (exact) mass is 336 g/mol. The first-order valence-electron chi connectivity index (χ1n) is 8.21. The van der Waals surface area contributed by atoms with E-state index in [2.05, 4.69) is 5.32 Å². The van der Waals surface area contributed by atoms with Gasteiger partial charge in [-0.25, -0.2) is 4.79 Å². The van der Waals surface area contributed by atoms with Gasteiger partial charge in [-0.3, -0.25) is 4.79 Å². The van der Waals surface area contributed by atoms with E-state index in [0.29, 0.717) is 13.0 Å². The zero-order valence-electron chi connectivity index (χ0n) is 14.7. The topological polar surface area (TPSA) is 90.6 Å². The van der Waals surface area contributed by atoms with Gasteiger partial charge in [-0.15, -0.1) is 0 Å². The molecule has 0 spiro atoms. The lowest BCUT2D eigenvalue weighted by molar-refractivity contribution is -0.156. The minimum absolute atomic E-state index is 0.246. The molecule has 1 aromatic rings. The number of hydrogen-bond acceptors (Lipinski definition) is 5. The average Bonchev–Trinajstić information content (AvgIpc) is 2.51. The lowest BCUT2D eigenvalue weighted by Crippen LogP contribution is -2.37. The highest BCUT2D eigenvalue weighted by Crippen LogP contribution is 2.10. The Labute approximate surface area is 143 Å². The van der Waals surface area contributed by atoms with Crippen LogP contribution in [-0.4, -0.2) is 30.3 Å². The summed E-state index contributed by atoms with van der Waals surface area (Å²) in [5.74, 6) is -0.391. The van der Waals surface area contributed by atoms with Crippen LogP contribution in [0, 0.1) is 0 Å². The number of amides is 1. The van der Waals surface area contributed by atoms with E-state index in [1.54, 1.807) is 0 Å². The summed E-state index contributed by atoms with van der Waals surface area (Å²) in [5, 5.41) is 2.68. The Morgan fingerprint density at radius 2 is 1.83 bits per heavy atom. The van der Waals surface area contributed by atoms with Crippen molar-refractivity contribution < 1.29 is 19.1 Å². The summed E-state index contributed by atoms with van der Waals surface area (Å²) in [7, 11) is 0. The first kappa shape index (κ1) is 20.0. The number of unbranched alkanes of at least 4 members (excludes halogenated alkanes) is 1. The van der Waals surface area contributed by atoms with E-state index in [1.165, 1.54) is 0 Å². The summed E-state index contributed by atoms with van der Waals surface area (Å²) in [5.41, 5.74) is 6.20. The quantitative estimate of drug-likeness (QED) is 0.563. The number of carbonyl (C=O) groups is 2. The van der Waals surface area contributed by atoms with Gasteiger partial charge in [0.15, 0.2) is 0 Å². The third kappa shape index (κ3) is 9.15. The molecule has 1 aromatic carbocycles. The molecular weight excluding hydrogens is 308 g/mol. The Morgan fingerprint density at radius 1 is 1.17 bits per heavy atom. The molecule has 0 radical (unpaired) electrons. The maximum absolute atomic E-state index is 11.7. The Bertz CT molecular complexity index is 512. The molecule has 1 amide bonds. The van der Waals surface area contributed by atoms with Crippen molar-refractivity contribution in [3.05, 3.63) is 35.9 Å². The van der Waals surface area contributed by atoms with Gasteiger partial charge in [-0.2, -0.15) is 0 Å². The number of rotatable bonds is 8. The maximum atomic E-state index is 11.7. The molecule has 0 bridgehead atoms. The van der Waals surface area contributed by atoms with Crippen LogP contribution in [0.2, 0.25) is 0 Å². The number of hydrogen-bond donors (Lipinski definition) is 2. The summed E-state index contributed by atoms with van der Waals surface area (Å²) in [6, 6.07) is 8.85. The first-order chi connectivity index (χ1) is 11.3. The van der Waals surface area contributed by atoms with Crippen molar-refractivity contribution in [2.45, 2.75) is 58.3 Å². The highest BCUT2D eigenvalue weighted by atomic mass is 16.6. The van der Waals surface area contributed by atoms with Crippen LogP contribution in [-0.2, 0) is 20.9 Å². The fourth-order valence-electron chi connectivity index (χ4n) is 1.95. The van der Waals surface area contributed by atoms with Gasteiger partial charge < -0.3 is 20.5 Å². The molecule has 6 nitrogen and oxygen atoms in total. The molecule has 6 heteroatoms. The van der Waals surface area contributed by atoms with E-state index in [4.69, 9.17) is 15.2 Å². The van der Waals surface area contributed by atoms with Crippen LogP contribution in [0.4, 0.5) is 4.79 Å². The van der Waals surface area contributed by atoms with E-state index in [1.807, 2.05) is 51.1 Å². The summed E-state index contributed by atoms with van der Waals surface area (Å²) in [4.78, 5) is 23.3. The Morgan fingerprint density at radius 3 is 2.46 bits per heavy atom. The molecule has 0 fully saturated rings. The molecule has 0 aliphatic rings. The van der Waals surface area contributed by atoms with Gasteiger partial charge >= 0.3 is 12.1 Å². The van der Waals surface area contributed by atoms with E-state index in [-0.39, 0.29) is 6.61 Å². The van der Waals surface area contributed by atoms with Gasteiger partial charge in [0.2, 0.25) is 0 Å². The van der Waals surface area contributed by atoms with E-state index < -0.39 is 23.7 Å². The normalized spacial score (nSPS) is 12.3. The molecule has 1 rings (SSSR count). The second-order valence-corrected chi connectivity index (χ2v) is 6.62. The molecule has 0 aliphatic heterocycles. The lowest BCUT2D eigenvalue weighted by atomic mass is 10.1. The van der Waals surface area contributed by atoms with Gasteiger partial charge in [0, 0.05) is 6.54 Å². The van der Waals surface area contributed by atoms with Crippen LogP contribution in [0.3, 0.4) is 0 Å². The first-order valence-corrected chi connectivity index (χ1v) is 8.21. The highest BCUT2D eigenvalue weighted by molar-refractivity contribution is 5.75. The molecule has 24 heavy (non-hydrogen) atoms. The van der Waals surface area contributed by atoms with Crippen LogP contribution >= 0.6 is 0 Å². The van der Waals surface area contributed by atoms with Crippen LogP contribution in [0.5, 0.6) is 0 Å². The molecule has 0 aliphatic carbocycles. The van der Waals surface area contributed by atoms with E-state index >= 15 is 0 Å². The number of esters is 1. The number of nitrogens with two attached hydrogens (primary N) is 1. The second-order valence-electron chi connectivity index (χ2n) is 6.62. The summed E-state index contributed by atoms with van der Waals surface area (Å²) >= 11 is 0. The van der Waals surface area contributed by atoms with Crippen LogP contribution < -0.4 is 11.1 Å². The number of alkyl carbamates (subject to hydrolysis) is 1. The predicted molar refractivity (Wildman–Crippen MR) is 92.3 cm³/mol. The van der Waals surface area contributed by atoms with E-state index in [0.717, 1.165) is 18.4 Å². The number of nitrogens with one attached hydrogen (secondary N) is 1. The Balaban J connectivity index is 2.09. The van der Waals surface area contributed by atoms with Crippen molar-refractivity contribution in [2.24, 2.45) is 5.73 Å². The molecule has 3 N–H and O–H groups in total. The van der Waals surface area contributed by atoms with Crippen LogP contribution in [0.1, 0.15) is 45.6 Å². The lowest BCUT2D eigenvalue weighted by Gasteiger charge is -2.22. The minimum Gasteiger partial charge on any atom is -0.459 e. The molecule has 0 aromatic heterocycles. The van der Waals surface area contributed by atoms with Crippen molar-refractivity contribution in [3.63, 3.8) is 0 Å². The molecule has 1 unspecified atom stereocenters. The minimum atomic E-state index is -0.630. The standard InChI is InChI=1S/C18H28N2O4/c1-18(2,3)24-16(21)15(19)11-7-8-12-20-17(22)23-13-14-9-5-4-6-10-14/h4-6,9-10,15H,7-8,11-13,19H2,1-3H3,(H,20,22). The summed E-state index contributed by atoms with van der Waals surface area (Å²) in [6.45, 7) is 6.15. The van der Waals surface area contributed by atoms with Gasteiger partial charge in [0.1, 0.15) is 18.2 Å². The van der Waals surface area contributed by atoms with Crippen molar-refractivity contribution in [3.8, 4) is 0 Å². The molecule has 0 saturated heterocycles. The third-order valence-corrected chi connectivity index (χ3v) is 3.13. The fraction of sp³-hybridized carbons (Fsp3) is 0.556. The molecule has 0 saturated carbocycles. The zero-order valence-corrected chi connectivity index (χ0v) is 14.7. The summed E-state index contributed by atoms with van der Waals surface area (Å²) < 4.78 is 10.3. The van der Waals surface area contributed by atoms with Crippen LogP contribution in [0.25, 0.3) is 0 Å². The van der Waals surface area contributed by atoms with Gasteiger partial charge in [0.25, 0.3) is 0 Å². The number of benzene rings is 1. The summed E-state index contributed by atoms with van der Waals surface area (Å²) in [6.07, 6.45) is 1.52. The Kier molecular flexibility index (Phi) is 8.26. The highest BCUT2D eigenvalue weighted by Gasteiger charge is 2.21. The van der Waals surface area contributed by atoms with Gasteiger partial charge in [0.05, 0.1) is 0 Å². The Hall–Kier alpha value is -2.08. The number of ether oxygens (including phenoxy) is 2. The zero-order chi connectivity index (χ0) is 18.0. The van der Waals surface area contributed by atoms with E-state index in [9.17, 15) is 9.59 Å². The second kappa shape index (κ2) is 9.93. The number of carbonyl (C=O) groups excluding carboxylic acids is 2. The fourth-order valence-corrected chi connectivity index (χ4v) is 1.95. The molecule has 134 valence electrons. The largest absolute Gasteiger partial charge is 0.459 e. The van der Waals surface area contributed by atoms with Crippen molar-refractivity contribution >= 4 is 12.1 Å². The SMILES string of the molecule is CC(C)(C)OC(=O)C(N)CCCCNC(=O)OCc1ccccc1. The predicted octanol–water partition coefficient (Wildman–Crippen LogP) is 2.75. The van der Waals surface area contributed by atoms with Crippen LogP contribution in [0.15, 0.2) is 30.3 Å².